The summed E-state index contributed by atoms with van der Waals surface area (Å²) in [7, 11) is 1.85. The van der Waals surface area contributed by atoms with Crippen molar-refractivity contribution >= 4 is 5.91 Å². The van der Waals surface area contributed by atoms with Crippen LogP contribution in [0.25, 0.3) is 0 Å². The molecule has 0 bridgehead atoms. The van der Waals surface area contributed by atoms with Gasteiger partial charge in [0.1, 0.15) is 0 Å². The van der Waals surface area contributed by atoms with Gasteiger partial charge >= 0.3 is 0 Å². The largest absolute Gasteiger partial charge is 0.341 e. The Morgan fingerprint density at radius 2 is 2.18 bits per heavy atom. The van der Waals surface area contributed by atoms with Gasteiger partial charge in [-0.05, 0) is 30.5 Å². The maximum absolute atomic E-state index is 11.8. The van der Waals surface area contributed by atoms with E-state index in [9.17, 15) is 4.79 Å². The fourth-order valence-electron chi connectivity index (χ4n) is 1.71. The molecule has 0 spiro atoms. The SMILES string of the molecule is CN(Cc1ccncc1)C(=O)CCNC1CC1. The quantitative estimate of drug-likeness (QED) is 0.802. The lowest BCUT2D eigenvalue weighted by molar-refractivity contribution is -0.130. The molecule has 1 aromatic heterocycles. The van der Waals surface area contributed by atoms with E-state index in [0.717, 1.165) is 12.1 Å². The third kappa shape index (κ3) is 4.15. The summed E-state index contributed by atoms with van der Waals surface area (Å²) in [5.74, 6) is 0.190. The molecule has 0 unspecified atom stereocenters. The minimum Gasteiger partial charge on any atom is -0.341 e. The van der Waals surface area contributed by atoms with Gasteiger partial charge in [0.2, 0.25) is 5.91 Å². The Morgan fingerprint density at radius 3 is 2.82 bits per heavy atom. The van der Waals surface area contributed by atoms with Crippen LogP contribution in [0.3, 0.4) is 0 Å². The van der Waals surface area contributed by atoms with Crippen LogP contribution in [0, 0.1) is 0 Å². The van der Waals surface area contributed by atoms with Crippen molar-refractivity contribution in [2.24, 2.45) is 0 Å². The highest BCUT2D eigenvalue weighted by Gasteiger charge is 2.20. The number of hydrogen-bond acceptors (Lipinski definition) is 3. The van der Waals surface area contributed by atoms with Crippen molar-refractivity contribution in [2.75, 3.05) is 13.6 Å². The molecular formula is C13H19N3O. The average Bonchev–Trinajstić information content (AvgIpc) is 3.14. The van der Waals surface area contributed by atoms with Crippen LogP contribution < -0.4 is 5.32 Å². The van der Waals surface area contributed by atoms with Crippen LogP contribution in [0.4, 0.5) is 0 Å². The van der Waals surface area contributed by atoms with E-state index >= 15 is 0 Å². The monoisotopic (exact) mass is 233 g/mol. The number of pyridine rings is 1. The molecule has 2 rings (SSSR count). The Balaban J connectivity index is 1.70. The van der Waals surface area contributed by atoms with E-state index in [-0.39, 0.29) is 5.91 Å². The van der Waals surface area contributed by atoms with Gasteiger partial charge in [-0.3, -0.25) is 9.78 Å². The molecule has 1 heterocycles. The lowest BCUT2D eigenvalue weighted by atomic mass is 10.2. The van der Waals surface area contributed by atoms with Crippen molar-refractivity contribution in [3.8, 4) is 0 Å². The van der Waals surface area contributed by atoms with E-state index in [2.05, 4.69) is 10.3 Å². The molecule has 1 saturated carbocycles. The van der Waals surface area contributed by atoms with Crippen molar-refractivity contribution < 1.29 is 4.79 Å². The van der Waals surface area contributed by atoms with E-state index < -0.39 is 0 Å². The zero-order valence-electron chi connectivity index (χ0n) is 10.2. The number of carbonyl (C=O) groups excluding carboxylic acids is 1. The third-order valence-electron chi connectivity index (χ3n) is 2.94. The molecule has 1 aliphatic rings. The fourth-order valence-corrected chi connectivity index (χ4v) is 1.71. The molecule has 1 fully saturated rings. The molecule has 0 atom stereocenters. The van der Waals surface area contributed by atoms with Crippen LogP contribution >= 0.6 is 0 Å². The van der Waals surface area contributed by atoms with Gasteiger partial charge in [0.15, 0.2) is 0 Å². The van der Waals surface area contributed by atoms with Crippen LogP contribution in [0.15, 0.2) is 24.5 Å². The van der Waals surface area contributed by atoms with Crippen molar-refractivity contribution in [1.29, 1.82) is 0 Å². The molecule has 17 heavy (non-hydrogen) atoms. The van der Waals surface area contributed by atoms with Gasteiger partial charge in [0, 0.05) is 45.0 Å². The highest BCUT2D eigenvalue weighted by molar-refractivity contribution is 5.76. The number of nitrogens with one attached hydrogen (secondary N) is 1. The number of nitrogens with zero attached hydrogens (tertiary/aromatic N) is 2. The number of hydrogen-bond donors (Lipinski definition) is 1. The number of rotatable bonds is 6. The van der Waals surface area contributed by atoms with Crippen LogP contribution in [-0.2, 0) is 11.3 Å². The molecule has 1 aliphatic carbocycles. The van der Waals surface area contributed by atoms with E-state index in [4.69, 9.17) is 0 Å². The Morgan fingerprint density at radius 1 is 1.47 bits per heavy atom. The molecule has 92 valence electrons. The highest BCUT2D eigenvalue weighted by Crippen LogP contribution is 2.18. The second-order valence-electron chi connectivity index (χ2n) is 4.58. The smallest absolute Gasteiger partial charge is 0.223 e. The zero-order chi connectivity index (χ0) is 12.1. The first kappa shape index (κ1) is 12.0. The van der Waals surface area contributed by atoms with Gasteiger partial charge in [-0.15, -0.1) is 0 Å². The Bertz CT molecular complexity index is 362. The van der Waals surface area contributed by atoms with Crippen molar-refractivity contribution in [3.63, 3.8) is 0 Å². The molecule has 0 saturated heterocycles. The predicted molar refractivity (Wildman–Crippen MR) is 66.4 cm³/mol. The average molecular weight is 233 g/mol. The van der Waals surface area contributed by atoms with Gasteiger partial charge in [-0.25, -0.2) is 0 Å². The van der Waals surface area contributed by atoms with Gasteiger partial charge in [0.05, 0.1) is 0 Å². The molecule has 0 aliphatic heterocycles. The summed E-state index contributed by atoms with van der Waals surface area (Å²) in [6.45, 7) is 1.45. The zero-order valence-corrected chi connectivity index (χ0v) is 10.2. The molecule has 0 radical (unpaired) electrons. The lowest BCUT2D eigenvalue weighted by Crippen LogP contribution is -2.30. The van der Waals surface area contributed by atoms with E-state index in [1.165, 1.54) is 12.8 Å². The van der Waals surface area contributed by atoms with Gasteiger partial charge < -0.3 is 10.2 Å². The minimum atomic E-state index is 0.190. The minimum absolute atomic E-state index is 0.190. The van der Waals surface area contributed by atoms with Crippen molar-refractivity contribution in [1.82, 2.24) is 15.2 Å². The summed E-state index contributed by atoms with van der Waals surface area (Å²) in [4.78, 5) is 17.5. The topological polar surface area (TPSA) is 45.2 Å². The van der Waals surface area contributed by atoms with Crippen LogP contribution in [0.5, 0.6) is 0 Å². The van der Waals surface area contributed by atoms with Gasteiger partial charge in [-0.2, -0.15) is 0 Å². The molecule has 1 N–H and O–H groups in total. The number of carbonyl (C=O) groups is 1. The molecule has 1 aromatic rings. The second kappa shape index (κ2) is 5.77. The number of amides is 1. The summed E-state index contributed by atoms with van der Waals surface area (Å²) >= 11 is 0. The second-order valence-corrected chi connectivity index (χ2v) is 4.58. The molecule has 0 aromatic carbocycles. The maximum atomic E-state index is 11.8. The van der Waals surface area contributed by atoms with Crippen LogP contribution in [0.2, 0.25) is 0 Å². The maximum Gasteiger partial charge on any atom is 0.223 e. The Kier molecular flexibility index (Phi) is 4.09. The fraction of sp³-hybridized carbons (Fsp3) is 0.538. The molecule has 4 nitrogen and oxygen atoms in total. The van der Waals surface area contributed by atoms with Crippen molar-refractivity contribution in [2.45, 2.75) is 31.8 Å². The summed E-state index contributed by atoms with van der Waals surface area (Å²) < 4.78 is 0. The lowest BCUT2D eigenvalue weighted by Gasteiger charge is -2.17. The molecular weight excluding hydrogens is 214 g/mol. The van der Waals surface area contributed by atoms with Gasteiger partial charge in [0.25, 0.3) is 0 Å². The molecule has 1 amide bonds. The van der Waals surface area contributed by atoms with Crippen LogP contribution in [0.1, 0.15) is 24.8 Å². The van der Waals surface area contributed by atoms with E-state index in [1.54, 1.807) is 17.3 Å². The number of aromatic nitrogens is 1. The standard InChI is InChI=1S/C13H19N3O/c1-16(10-11-4-7-14-8-5-11)13(17)6-9-15-12-2-3-12/h4-5,7-8,12,15H,2-3,6,9-10H2,1H3. The first-order chi connectivity index (χ1) is 8.25. The van der Waals surface area contributed by atoms with E-state index in [1.807, 2.05) is 19.2 Å². The first-order valence-corrected chi connectivity index (χ1v) is 6.12. The van der Waals surface area contributed by atoms with Gasteiger partial charge in [-0.1, -0.05) is 0 Å². The molecule has 4 heteroatoms. The summed E-state index contributed by atoms with van der Waals surface area (Å²) in [6, 6.07) is 4.55. The Labute approximate surface area is 102 Å². The summed E-state index contributed by atoms with van der Waals surface area (Å²) in [5, 5.41) is 3.35. The Hall–Kier alpha value is -1.42. The summed E-state index contributed by atoms with van der Waals surface area (Å²) in [5.41, 5.74) is 1.12. The summed E-state index contributed by atoms with van der Waals surface area (Å²) in [6.07, 6.45) is 6.62. The predicted octanol–water partition coefficient (Wildman–Crippen LogP) is 1.18. The normalized spacial score (nSPS) is 14.6. The van der Waals surface area contributed by atoms with Crippen LogP contribution in [-0.4, -0.2) is 35.4 Å². The van der Waals surface area contributed by atoms with E-state index in [0.29, 0.717) is 19.0 Å². The van der Waals surface area contributed by atoms with Crippen molar-refractivity contribution in [3.05, 3.63) is 30.1 Å². The first-order valence-electron chi connectivity index (χ1n) is 6.12. The highest BCUT2D eigenvalue weighted by atomic mass is 16.2. The third-order valence-corrected chi connectivity index (χ3v) is 2.94.